The van der Waals surface area contributed by atoms with E-state index in [-0.39, 0.29) is 18.0 Å². The molecule has 0 spiro atoms. The van der Waals surface area contributed by atoms with Crippen LogP contribution in [0.25, 0.3) is 0 Å². The van der Waals surface area contributed by atoms with Crippen molar-refractivity contribution in [3.05, 3.63) is 47.5 Å². The van der Waals surface area contributed by atoms with Crippen molar-refractivity contribution < 1.29 is 18.0 Å². The molecule has 0 aliphatic heterocycles. The highest BCUT2D eigenvalue weighted by Crippen LogP contribution is 2.31. The average Bonchev–Trinajstić information content (AvgIpc) is 2.34. The monoisotopic (exact) mass is 267 g/mol. The molecule has 19 heavy (non-hydrogen) atoms. The lowest BCUT2D eigenvalue weighted by atomic mass is 10.1. The SMILES string of the molecule is C/C=C/C(=O)NCC#Cc1ccccc1C(F)(F)F. The summed E-state index contributed by atoms with van der Waals surface area (Å²) in [4.78, 5) is 11.0. The minimum absolute atomic E-state index is 0.00460. The molecule has 0 heterocycles. The lowest BCUT2D eigenvalue weighted by molar-refractivity contribution is -0.137. The van der Waals surface area contributed by atoms with E-state index in [1.807, 2.05) is 0 Å². The quantitative estimate of drug-likeness (QED) is 0.648. The van der Waals surface area contributed by atoms with Gasteiger partial charge in [-0.05, 0) is 25.1 Å². The van der Waals surface area contributed by atoms with Gasteiger partial charge >= 0.3 is 6.18 Å². The first kappa shape index (κ1) is 14.8. The van der Waals surface area contributed by atoms with Gasteiger partial charge in [-0.3, -0.25) is 4.79 Å². The predicted octanol–water partition coefficient (Wildman–Crippen LogP) is 2.75. The lowest BCUT2D eigenvalue weighted by Gasteiger charge is -2.08. The summed E-state index contributed by atoms with van der Waals surface area (Å²) in [5.74, 6) is 4.56. The van der Waals surface area contributed by atoms with Crippen molar-refractivity contribution in [1.82, 2.24) is 5.32 Å². The molecule has 0 unspecified atom stereocenters. The zero-order valence-electron chi connectivity index (χ0n) is 10.2. The maximum Gasteiger partial charge on any atom is 0.417 e. The van der Waals surface area contributed by atoms with Crippen LogP contribution in [0.2, 0.25) is 0 Å². The number of amides is 1. The molecule has 1 aromatic rings. The molecular formula is C14H12F3NO. The van der Waals surface area contributed by atoms with Crippen molar-refractivity contribution in [2.75, 3.05) is 6.54 Å². The molecule has 0 atom stereocenters. The molecule has 0 saturated carbocycles. The number of hydrogen-bond acceptors (Lipinski definition) is 1. The van der Waals surface area contributed by atoms with Crippen LogP contribution >= 0.6 is 0 Å². The summed E-state index contributed by atoms with van der Waals surface area (Å²) in [6.45, 7) is 1.68. The molecule has 0 aliphatic carbocycles. The van der Waals surface area contributed by atoms with Gasteiger partial charge in [0.15, 0.2) is 0 Å². The van der Waals surface area contributed by atoms with E-state index in [1.54, 1.807) is 13.0 Å². The van der Waals surface area contributed by atoms with Crippen LogP contribution in [-0.4, -0.2) is 12.5 Å². The zero-order valence-corrected chi connectivity index (χ0v) is 10.2. The van der Waals surface area contributed by atoms with Gasteiger partial charge in [0.1, 0.15) is 0 Å². The number of carbonyl (C=O) groups is 1. The summed E-state index contributed by atoms with van der Waals surface area (Å²) >= 11 is 0. The third kappa shape index (κ3) is 4.88. The molecule has 0 aromatic heterocycles. The van der Waals surface area contributed by atoms with Gasteiger partial charge < -0.3 is 5.32 Å². The molecule has 0 bridgehead atoms. The highest BCUT2D eigenvalue weighted by Gasteiger charge is 2.32. The Kier molecular flexibility index (Phi) is 5.19. The molecule has 0 saturated heterocycles. The Bertz CT molecular complexity index is 536. The normalized spacial score (nSPS) is 10.9. The average molecular weight is 267 g/mol. The van der Waals surface area contributed by atoms with Crippen LogP contribution in [0, 0.1) is 11.8 Å². The maximum absolute atomic E-state index is 12.6. The fraction of sp³-hybridized carbons (Fsp3) is 0.214. The Hall–Kier alpha value is -2.22. The molecule has 0 aliphatic rings. The highest BCUT2D eigenvalue weighted by atomic mass is 19.4. The number of carbonyl (C=O) groups excluding carboxylic acids is 1. The summed E-state index contributed by atoms with van der Waals surface area (Å²) in [6.07, 6.45) is -1.56. The van der Waals surface area contributed by atoms with E-state index in [9.17, 15) is 18.0 Å². The highest BCUT2D eigenvalue weighted by molar-refractivity contribution is 5.87. The van der Waals surface area contributed by atoms with E-state index in [0.717, 1.165) is 6.07 Å². The van der Waals surface area contributed by atoms with Gasteiger partial charge in [-0.25, -0.2) is 0 Å². The first-order valence-electron chi connectivity index (χ1n) is 5.50. The van der Waals surface area contributed by atoms with Gasteiger partial charge in [0.2, 0.25) is 5.91 Å². The largest absolute Gasteiger partial charge is 0.417 e. The number of alkyl halides is 3. The minimum Gasteiger partial charge on any atom is -0.342 e. The summed E-state index contributed by atoms with van der Waals surface area (Å²) in [7, 11) is 0. The fourth-order valence-electron chi connectivity index (χ4n) is 1.32. The second-order valence-corrected chi connectivity index (χ2v) is 3.56. The number of nitrogens with one attached hydrogen (secondary N) is 1. The lowest BCUT2D eigenvalue weighted by Crippen LogP contribution is -2.20. The van der Waals surface area contributed by atoms with Gasteiger partial charge in [0, 0.05) is 5.56 Å². The summed E-state index contributed by atoms with van der Waals surface area (Å²) < 4.78 is 37.9. The third-order valence-corrected chi connectivity index (χ3v) is 2.12. The Morgan fingerprint density at radius 3 is 2.68 bits per heavy atom. The smallest absolute Gasteiger partial charge is 0.342 e. The molecule has 1 aromatic carbocycles. The van der Waals surface area contributed by atoms with Crippen LogP contribution in [0.1, 0.15) is 18.1 Å². The number of halogens is 3. The van der Waals surface area contributed by atoms with Crippen LogP contribution in [0.3, 0.4) is 0 Å². The number of benzene rings is 1. The van der Waals surface area contributed by atoms with Crippen molar-refractivity contribution in [2.45, 2.75) is 13.1 Å². The molecule has 0 radical (unpaired) electrons. The molecule has 1 N–H and O–H groups in total. The molecule has 0 fully saturated rings. The molecule has 100 valence electrons. The van der Waals surface area contributed by atoms with Crippen molar-refractivity contribution in [3.8, 4) is 11.8 Å². The number of allylic oxidation sites excluding steroid dienone is 1. The summed E-state index contributed by atoms with van der Waals surface area (Å²) in [5.41, 5.74) is -0.877. The van der Waals surface area contributed by atoms with Crippen LogP contribution in [0.15, 0.2) is 36.4 Å². The maximum atomic E-state index is 12.6. The van der Waals surface area contributed by atoms with Crippen molar-refractivity contribution in [2.24, 2.45) is 0 Å². The van der Waals surface area contributed by atoms with Crippen LogP contribution in [0.4, 0.5) is 13.2 Å². The van der Waals surface area contributed by atoms with Gasteiger partial charge in [-0.15, -0.1) is 0 Å². The fourth-order valence-corrected chi connectivity index (χ4v) is 1.32. The second kappa shape index (κ2) is 6.64. The number of hydrogen-bond donors (Lipinski definition) is 1. The first-order chi connectivity index (χ1) is 8.95. The molecule has 5 heteroatoms. The van der Waals surface area contributed by atoms with E-state index >= 15 is 0 Å². The second-order valence-electron chi connectivity index (χ2n) is 3.56. The topological polar surface area (TPSA) is 29.1 Å². The molecule has 1 amide bonds. The van der Waals surface area contributed by atoms with Crippen LogP contribution < -0.4 is 5.32 Å². The number of rotatable bonds is 2. The molecule has 1 rings (SSSR count). The minimum atomic E-state index is -4.43. The van der Waals surface area contributed by atoms with E-state index in [0.29, 0.717) is 0 Å². The first-order valence-corrected chi connectivity index (χ1v) is 5.50. The van der Waals surface area contributed by atoms with Crippen LogP contribution in [0.5, 0.6) is 0 Å². The Morgan fingerprint density at radius 2 is 2.05 bits per heavy atom. The van der Waals surface area contributed by atoms with Crippen molar-refractivity contribution in [1.29, 1.82) is 0 Å². The van der Waals surface area contributed by atoms with Gasteiger partial charge in [0.25, 0.3) is 0 Å². The van der Waals surface area contributed by atoms with E-state index < -0.39 is 11.7 Å². The van der Waals surface area contributed by atoms with Crippen molar-refractivity contribution >= 4 is 5.91 Å². The van der Waals surface area contributed by atoms with Gasteiger partial charge in [0.05, 0.1) is 12.1 Å². The third-order valence-electron chi connectivity index (χ3n) is 2.12. The molecule has 2 nitrogen and oxygen atoms in total. The van der Waals surface area contributed by atoms with E-state index in [4.69, 9.17) is 0 Å². The Morgan fingerprint density at radius 1 is 1.37 bits per heavy atom. The van der Waals surface area contributed by atoms with Gasteiger partial charge in [-0.1, -0.05) is 30.0 Å². The van der Waals surface area contributed by atoms with Gasteiger partial charge in [-0.2, -0.15) is 13.2 Å². The van der Waals surface area contributed by atoms with E-state index in [2.05, 4.69) is 17.2 Å². The predicted molar refractivity (Wildman–Crippen MR) is 66.1 cm³/mol. The van der Waals surface area contributed by atoms with Crippen LogP contribution in [-0.2, 0) is 11.0 Å². The van der Waals surface area contributed by atoms with Crippen molar-refractivity contribution in [3.63, 3.8) is 0 Å². The molecular weight excluding hydrogens is 255 g/mol. The van der Waals surface area contributed by atoms with E-state index in [1.165, 1.54) is 24.3 Å². The Labute approximate surface area is 109 Å². The summed E-state index contributed by atoms with van der Waals surface area (Å²) in [6, 6.07) is 5.06. The zero-order chi connectivity index (χ0) is 14.3. The Balaban J connectivity index is 2.76. The summed E-state index contributed by atoms with van der Waals surface area (Å²) in [5, 5.41) is 2.43. The standard InChI is InChI=1S/C14H12F3NO/c1-2-6-13(19)18-10-5-8-11-7-3-4-9-12(11)14(15,16)17/h2-4,6-7,9H,10H2,1H3,(H,18,19)/b6-2+.